The van der Waals surface area contributed by atoms with Crippen molar-refractivity contribution in [1.29, 1.82) is 0 Å². The summed E-state index contributed by atoms with van der Waals surface area (Å²) in [6.45, 7) is 21.2. The number of hydrogen-bond acceptors (Lipinski definition) is 12. The van der Waals surface area contributed by atoms with E-state index in [-0.39, 0.29) is 59.8 Å². The third kappa shape index (κ3) is 10.5. The van der Waals surface area contributed by atoms with E-state index in [1.807, 2.05) is 6.07 Å². The Kier molecular flexibility index (Phi) is 16.3. The van der Waals surface area contributed by atoms with Crippen molar-refractivity contribution in [3.63, 3.8) is 0 Å². The van der Waals surface area contributed by atoms with Crippen LogP contribution in [0.3, 0.4) is 0 Å². The zero-order valence-corrected chi connectivity index (χ0v) is 37.2. The van der Waals surface area contributed by atoms with Crippen LogP contribution in [0.5, 0.6) is 0 Å². The van der Waals surface area contributed by atoms with E-state index < -0.39 is 41.7 Å². The summed E-state index contributed by atoms with van der Waals surface area (Å²) in [5, 5.41) is 5.79. The van der Waals surface area contributed by atoms with Gasteiger partial charge in [-0.3, -0.25) is 14.2 Å². The molecule has 2 fully saturated rings. The average molecular weight is 829 g/mol. The minimum Gasteiger partial charge on any atom is -0.414 e. The van der Waals surface area contributed by atoms with Gasteiger partial charge in [0.2, 0.25) is 5.91 Å². The number of ether oxygens (including phenoxy) is 4. The summed E-state index contributed by atoms with van der Waals surface area (Å²) in [6, 6.07) is 8.92. The summed E-state index contributed by atoms with van der Waals surface area (Å²) < 4.78 is 48.8. The first kappa shape index (κ1) is 45.0. The van der Waals surface area contributed by atoms with Crippen molar-refractivity contribution in [3.05, 3.63) is 48.5 Å². The molecular formula is C40H64N6O9Si2. The van der Waals surface area contributed by atoms with Gasteiger partial charge in [-0.15, -0.1) is 0 Å². The summed E-state index contributed by atoms with van der Waals surface area (Å²) in [7, 11) is -5.88. The summed E-state index contributed by atoms with van der Waals surface area (Å²) in [4.78, 5) is 38.7. The normalized spacial score (nSPS) is 21.9. The Morgan fingerprint density at radius 1 is 0.895 bits per heavy atom. The summed E-state index contributed by atoms with van der Waals surface area (Å²) in [5.41, 5.74) is 1.87. The molecule has 5 rings (SSSR count). The molecule has 57 heavy (non-hydrogen) atoms. The monoisotopic (exact) mass is 828 g/mol. The standard InChI is InChI=1S/C40H64N6O9Si2/c1-10-11-13-18-33(47)41-19-20-49-21-22-50-26-51-36-35-32(23-52-56(27(2)3,28(4)5)55-57(54-35,29(6)7)30(8)9)53-40(36)46-25-44-34-37(42-24-43-38(34)46)45-39(48)31-16-14-12-15-17-31/h12,14-17,24-25,27-30,32,35-36,40H,10-11,13,18-23,26H2,1-9H3,(H,41,47)(H,42,43,45,48)/t32-,35?,36+,40-/m1/s1. The van der Waals surface area contributed by atoms with Gasteiger partial charge in [0.1, 0.15) is 31.4 Å². The molecule has 316 valence electrons. The van der Waals surface area contributed by atoms with Gasteiger partial charge in [0.25, 0.3) is 5.91 Å². The number of hydrogen-bond donors (Lipinski definition) is 2. The Balaban J connectivity index is 1.38. The number of carbonyl (C=O) groups excluding carboxylic acids is 2. The minimum absolute atomic E-state index is 0.0457. The van der Waals surface area contributed by atoms with E-state index in [0.29, 0.717) is 42.9 Å². The predicted molar refractivity (Wildman–Crippen MR) is 221 cm³/mol. The van der Waals surface area contributed by atoms with E-state index in [2.05, 4.69) is 87.9 Å². The van der Waals surface area contributed by atoms with Crippen LogP contribution in [0.4, 0.5) is 5.82 Å². The highest BCUT2D eigenvalue weighted by Crippen LogP contribution is 2.49. The quantitative estimate of drug-likeness (QED) is 0.0681. The van der Waals surface area contributed by atoms with Crippen LogP contribution in [-0.2, 0) is 36.7 Å². The first-order valence-electron chi connectivity index (χ1n) is 20.6. The van der Waals surface area contributed by atoms with Gasteiger partial charge in [-0.2, -0.15) is 0 Å². The molecule has 0 spiro atoms. The number of rotatable bonds is 20. The van der Waals surface area contributed by atoms with Crippen LogP contribution >= 0.6 is 0 Å². The van der Waals surface area contributed by atoms with Crippen molar-refractivity contribution in [2.45, 2.75) is 135 Å². The van der Waals surface area contributed by atoms with E-state index >= 15 is 0 Å². The summed E-state index contributed by atoms with van der Waals surface area (Å²) >= 11 is 0. The highest BCUT2D eigenvalue weighted by atomic mass is 28.5. The summed E-state index contributed by atoms with van der Waals surface area (Å²) in [6.07, 6.45) is 4.07. The molecule has 0 radical (unpaired) electrons. The van der Waals surface area contributed by atoms with Gasteiger partial charge < -0.3 is 42.5 Å². The van der Waals surface area contributed by atoms with Crippen molar-refractivity contribution in [2.24, 2.45) is 0 Å². The number of nitrogens with zero attached hydrogens (tertiary/aromatic N) is 4. The predicted octanol–water partition coefficient (Wildman–Crippen LogP) is 7.00. The molecule has 15 nitrogen and oxygen atoms in total. The largest absolute Gasteiger partial charge is 0.414 e. The van der Waals surface area contributed by atoms with Crippen LogP contribution in [0.2, 0.25) is 22.2 Å². The second kappa shape index (κ2) is 20.7. The Labute approximate surface area is 339 Å². The van der Waals surface area contributed by atoms with E-state index in [4.69, 9.17) is 31.9 Å². The Bertz CT molecular complexity index is 1710. The number of nitrogens with one attached hydrogen (secondary N) is 2. The van der Waals surface area contributed by atoms with E-state index in [0.717, 1.165) is 19.3 Å². The van der Waals surface area contributed by atoms with Crippen molar-refractivity contribution < 1.29 is 41.5 Å². The zero-order chi connectivity index (χ0) is 41.2. The second-order valence-electron chi connectivity index (χ2n) is 16.1. The zero-order valence-electron chi connectivity index (χ0n) is 35.2. The second-order valence-corrected chi connectivity index (χ2v) is 24.9. The molecule has 2 aliphatic heterocycles. The van der Waals surface area contributed by atoms with Crippen LogP contribution in [0.25, 0.3) is 11.2 Å². The van der Waals surface area contributed by atoms with Gasteiger partial charge in [-0.1, -0.05) is 93.4 Å². The maximum absolute atomic E-state index is 13.1. The molecule has 17 heteroatoms. The van der Waals surface area contributed by atoms with Crippen LogP contribution in [0.1, 0.15) is 105 Å². The van der Waals surface area contributed by atoms with Gasteiger partial charge in [0, 0.05) is 18.5 Å². The molecule has 2 amide bonds. The molecule has 0 aliphatic carbocycles. The Morgan fingerprint density at radius 2 is 1.60 bits per heavy atom. The molecule has 2 N–H and O–H groups in total. The van der Waals surface area contributed by atoms with Crippen LogP contribution < -0.4 is 10.6 Å². The molecule has 3 aromatic rings. The van der Waals surface area contributed by atoms with Crippen molar-refractivity contribution in [2.75, 3.05) is 45.1 Å². The van der Waals surface area contributed by atoms with Crippen molar-refractivity contribution >= 4 is 45.9 Å². The van der Waals surface area contributed by atoms with Gasteiger partial charge >= 0.3 is 17.1 Å². The topological polar surface area (TPSA) is 166 Å². The third-order valence-corrected chi connectivity index (χ3v) is 21.1. The lowest BCUT2D eigenvalue weighted by molar-refractivity contribution is -0.143. The highest BCUT2D eigenvalue weighted by Gasteiger charge is 2.62. The molecule has 0 saturated carbocycles. The van der Waals surface area contributed by atoms with Crippen molar-refractivity contribution in [1.82, 2.24) is 24.8 Å². The first-order chi connectivity index (χ1) is 27.3. The lowest BCUT2D eigenvalue weighted by Gasteiger charge is -2.51. The van der Waals surface area contributed by atoms with E-state index in [9.17, 15) is 9.59 Å². The van der Waals surface area contributed by atoms with Crippen LogP contribution in [-0.4, -0.2) is 107 Å². The number of amides is 2. The minimum atomic E-state index is -3.04. The SMILES string of the molecule is CCCCCC(=O)NCCOCCOCO[C@H]1C2O[Si](C(C)C)(C(C)C)O[Si](C(C)C)(C(C)C)OC[C@H]2O[C@H]1n1cnc2c(NC(=O)c3ccccc3)ncnc21. The molecule has 2 aliphatic rings. The number of imidazole rings is 1. The van der Waals surface area contributed by atoms with Gasteiger partial charge in [0.15, 0.2) is 23.2 Å². The van der Waals surface area contributed by atoms with Gasteiger partial charge in [0.05, 0.1) is 32.8 Å². The number of anilines is 1. The molecule has 2 saturated heterocycles. The molecule has 2 aromatic heterocycles. The maximum atomic E-state index is 13.1. The maximum Gasteiger partial charge on any atom is 0.335 e. The lowest BCUT2D eigenvalue weighted by atomic mass is 10.1. The molecule has 1 unspecified atom stereocenters. The summed E-state index contributed by atoms with van der Waals surface area (Å²) in [5.74, 6) is 0.00828. The van der Waals surface area contributed by atoms with Gasteiger partial charge in [-0.05, 0) is 40.7 Å². The molecule has 0 bridgehead atoms. The first-order valence-corrected chi connectivity index (χ1v) is 24.5. The molecule has 1 aromatic carbocycles. The Morgan fingerprint density at radius 3 is 2.28 bits per heavy atom. The fourth-order valence-corrected chi connectivity index (χ4v) is 18.9. The highest BCUT2D eigenvalue weighted by molar-refractivity contribution is 6.84. The number of unbranched alkanes of at least 4 members (excludes halogenated alkanes) is 2. The smallest absolute Gasteiger partial charge is 0.335 e. The van der Waals surface area contributed by atoms with Crippen molar-refractivity contribution in [3.8, 4) is 0 Å². The number of fused-ring (bicyclic) bond motifs is 2. The number of carbonyl (C=O) groups is 2. The van der Waals surface area contributed by atoms with E-state index in [1.54, 1.807) is 35.2 Å². The lowest BCUT2D eigenvalue weighted by Crippen LogP contribution is -2.66. The average Bonchev–Trinajstić information content (AvgIpc) is 3.75. The fraction of sp³-hybridized carbons (Fsp3) is 0.675. The molecular weight excluding hydrogens is 765 g/mol. The Hall–Kier alpha value is -3.14. The third-order valence-electron chi connectivity index (χ3n) is 10.8. The molecule has 4 heterocycles. The van der Waals surface area contributed by atoms with Crippen LogP contribution in [0, 0.1) is 0 Å². The molecule has 4 atom stereocenters. The van der Waals surface area contributed by atoms with Crippen LogP contribution in [0.15, 0.2) is 43.0 Å². The fourth-order valence-electron chi connectivity index (χ4n) is 7.71. The van der Waals surface area contributed by atoms with E-state index in [1.165, 1.54) is 6.33 Å². The number of benzene rings is 1. The number of aromatic nitrogens is 4. The van der Waals surface area contributed by atoms with Gasteiger partial charge in [-0.25, -0.2) is 15.0 Å².